The minimum Gasteiger partial charge on any atom is -0.232 e. The number of benzene rings is 1. The Morgan fingerprint density at radius 3 is 2.59 bits per heavy atom. The third kappa shape index (κ3) is 2.06. The molecule has 0 atom stereocenters. The highest BCUT2D eigenvalue weighted by atomic mass is 79.9. The lowest BCUT2D eigenvalue weighted by molar-refractivity contribution is 0.889. The zero-order valence-corrected chi connectivity index (χ0v) is 11.3. The van der Waals surface area contributed by atoms with Gasteiger partial charge >= 0.3 is 0 Å². The molecule has 0 bridgehead atoms. The molecule has 0 amide bonds. The molecule has 0 radical (unpaired) electrons. The molecule has 0 saturated carbocycles. The van der Waals surface area contributed by atoms with Crippen LogP contribution in [0.3, 0.4) is 0 Å². The van der Waals surface area contributed by atoms with Gasteiger partial charge in [0, 0.05) is 4.47 Å². The van der Waals surface area contributed by atoms with Crippen molar-refractivity contribution < 1.29 is 0 Å². The summed E-state index contributed by atoms with van der Waals surface area (Å²) in [4.78, 5) is 1.23. The van der Waals surface area contributed by atoms with E-state index in [1.807, 2.05) is 41.2 Å². The van der Waals surface area contributed by atoms with E-state index in [4.69, 9.17) is 0 Å². The van der Waals surface area contributed by atoms with Gasteiger partial charge in [-0.15, -0.1) is 11.3 Å². The highest BCUT2D eigenvalue weighted by Crippen LogP contribution is 2.26. The number of hydrogen-bond acceptors (Lipinski definition) is 2. The van der Waals surface area contributed by atoms with Crippen LogP contribution in [0.15, 0.2) is 58.5 Å². The number of rotatable bonds is 2. The molecule has 4 heteroatoms. The first-order chi connectivity index (χ1) is 8.34. The molecule has 0 aliphatic rings. The number of hydrogen-bond donors (Lipinski definition) is 0. The molecule has 2 aromatic heterocycles. The summed E-state index contributed by atoms with van der Waals surface area (Å²) in [5.74, 6) is 0. The van der Waals surface area contributed by atoms with Crippen molar-refractivity contribution in [2.75, 3.05) is 0 Å². The Balaban J connectivity index is 2.10. The summed E-state index contributed by atoms with van der Waals surface area (Å²) < 4.78 is 3.03. The lowest BCUT2D eigenvalue weighted by Gasteiger charge is -2.05. The van der Waals surface area contributed by atoms with Gasteiger partial charge in [-0.2, -0.15) is 5.10 Å². The molecule has 0 saturated heterocycles. The molecule has 0 unspecified atom stereocenters. The minimum atomic E-state index is 1.07. The van der Waals surface area contributed by atoms with E-state index in [0.29, 0.717) is 0 Å². The van der Waals surface area contributed by atoms with Crippen LogP contribution in [-0.4, -0.2) is 9.78 Å². The van der Waals surface area contributed by atoms with Gasteiger partial charge in [-0.1, -0.05) is 22.0 Å². The lowest BCUT2D eigenvalue weighted by Crippen LogP contribution is -1.97. The second-order valence-electron chi connectivity index (χ2n) is 3.58. The van der Waals surface area contributed by atoms with E-state index in [-0.39, 0.29) is 0 Å². The van der Waals surface area contributed by atoms with Crippen molar-refractivity contribution >= 4 is 27.3 Å². The fourth-order valence-electron chi connectivity index (χ4n) is 1.70. The number of halogens is 1. The summed E-state index contributed by atoms with van der Waals surface area (Å²) in [6.45, 7) is 0. The third-order valence-electron chi connectivity index (χ3n) is 2.49. The molecular formula is C13H9BrN2S. The van der Waals surface area contributed by atoms with E-state index >= 15 is 0 Å². The average molecular weight is 305 g/mol. The quantitative estimate of drug-likeness (QED) is 0.687. The lowest BCUT2D eigenvalue weighted by atomic mass is 10.3. The summed E-state index contributed by atoms with van der Waals surface area (Å²) in [7, 11) is 0. The van der Waals surface area contributed by atoms with Crippen LogP contribution in [0.4, 0.5) is 0 Å². The molecule has 0 N–H and O–H groups in total. The highest BCUT2D eigenvalue weighted by Gasteiger charge is 2.07. The van der Waals surface area contributed by atoms with Gasteiger partial charge in [0.1, 0.15) is 0 Å². The first-order valence-electron chi connectivity index (χ1n) is 5.18. The molecule has 2 heterocycles. The number of thiophene rings is 1. The Bertz CT molecular complexity index is 611. The van der Waals surface area contributed by atoms with Crippen LogP contribution < -0.4 is 0 Å². The monoisotopic (exact) mass is 304 g/mol. The van der Waals surface area contributed by atoms with Crippen molar-refractivity contribution in [2.45, 2.75) is 0 Å². The largest absolute Gasteiger partial charge is 0.232 e. The van der Waals surface area contributed by atoms with Gasteiger partial charge in [-0.25, -0.2) is 4.68 Å². The van der Waals surface area contributed by atoms with Crippen molar-refractivity contribution in [3.05, 3.63) is 58.5 Å². The summed E-state index contributed by atoms with van der Waals surface area (Å²) in [6.07, 6.45) is 1.83. The maximum Gasteiger partial charge on any atom is 0.0840 e. The summed E-state index contributed by atoms with van der Waals surface area (Å²) in [5, 5.41) is 6.46. The molecule has 84 valence electrons. The van der Waals surface area contributed by atoms with E-state index in [0.717, 1.165) is 15.9 Å². The number of aromatic nitrogens is 2. The Morgan fingerprint density at radius 2 is 1.88 bits per heavy atom. The van der Waals surface area contributed by atoms with Crippen molar-refractivity contribution in [1.82, 2.24) is 9.78 Å². The summed E-state index contributed by atoms with van der Waals surface area (Å²) in [5.41, 5.74) is 2.20. The standard InChI is InChI=1S/C13H9BrN2S/c14-10-3-5-11(6-4-10)16-12(7-8-15-16)13-2-1-9-17-13/h1-9H. The van der Waals surface area contributed by atoms with E-state index in [1.54, 1.807) is 11.3 Å². The van der Waals surface area contributed by atoms with Crippen LogP contribution in [0.2, 0.25) is 0 Å². The predicted octanol–water partition coefficient (Wildman–Crippen LogP) is 4.36. The highest BCUT2D eigenvalue weighted by molar-refractivity contribution is 9.10. The van der Waals surface area contributed by atoms with E-state index in [9.17, 15) is 0 Å². The SMILES string of the molecule is Brc1ccc(-n2nccc2-c2cccs2)cc1. The Morgan fingerprint density at radius 1 is 1.06 bits per heavy atom. The molecular weight excluding hydrogens is 296 g/mol. The van der Waals surface area contributed by atoms with Crippen LogP contribution in [0.1, 0.15) is 0 Å². The summed E-state index contributed by atoms with van der Waals surface area (Å²) in [6, 6.07) is 14.3. The minimum absolute atomic E-state index is 1.07. The molecule has 0 aliphatic heterocycles. The second-order valence-corrected chi connectivity index (χ2v) is 5.45. The first-order valence-corrected chi connectivity index (χ1v) is 6.86. The smallest absolute Gasteiger partial charge is 0.0840 e. The van der Waals surface area contributed by atoms with Crippen LogP contribution in [0.25, 0.3) is 16.3 Å². The van der Waals surface area contributed by atoms with Crippen LogP contribution in [0.5, 0.6) is 0 Å². The van der Waals surface area contributed by atoms with Crippen LogP contribution in [-0.2, 0) is 0 Å². The molecule has 0 fully saturated rings. The maximum absolute atomic E-state index is 4.38. The fourth-order valence-corrected chi connectivity index (χ4v) is 2.70. The molecule has 0 aliphatic carbocycles. The van der Waals surface area contributed by atoms with E-state index in [2.05, 4.69) is 38.5 Å². The van der Waals surface area contributed by atoms with Gasteiger partial charge in [0.05, 0.1) is 22.5 Å². The Hall–Kier alpha value is -1.39. The van der Waals surface area contributed by atoms with Crippen molar-refractivity contribution in [3.8, 4) is 16.3 Å². The number of nitrogens with zero attached hydrogens (tertiary/aromatic N) is 2. The summed E-state index contributed by atoms with van der Waals surface area (Å²) >= 11 is 5.16. The molecule has 2 nitrogen and oxygen atoms in total. The van der Waals surface area contributed by atoms with E-state index < -0.39 is 0 Å². The Kier molecular flexibility index (Phi) is 2.82. The van der Waals surface area contributed by atoms with Gasteiger partial charge in [0.15, 0.2) is 0 Å². The third-order valence-corrected chi connectivity index (χ3v) is 3.91. The maximum atomic E-state index is 4.38. The van der Waals surface area contributed by atoms with Gasteiger partial charge in [0.25, 0.3) is 0 Å². The molecule has 17 heavy (non-hydrogen) atoms. The van der Waals surface area contributed by atoms with Crippen molar-refractivity contribution in [2.24, 2.45) is 0 Å². The van der Waals surface area contributed by atoms with Crippen molar-refractivity contribution in [3.63, 3.8) is 0 Å². The van der Waals surface area contributed by atoms with Gasteiger partial charge < -0.3 is 0 Å². The van der Waals surface area contributed by atoms with Gasteiger partial charge in [-0.3, -0.25) is 0 Å². The first kappa shape index (κ1) is 10.7. The average Bonchev–Trinajstić information content (AvgIpc) is 3.00. The second kappa shape index (κ2) is 4.47. The normalized spacial score (nSPS) is 10.6. The molecule has 3 rings (SSSR count). The topological polar surface area (TPSA) is 17.8 Å². The zero-order chi connectivity index (χ0) is 11.7. The zero-order valence-electron chi connectivity index (χ0n) is 8.88. The predicted molar refractivity (Wildman–Crippen MR) is 74.6 cm³/mol. The van der Waals surface area contributed by atoms with Crippen molar-refractivity contribution in [1.29, 1.82) is 0 Å². The molecule has 0 spiro atoms. The van der Waals surface area contributed by atoms with Crippen LogP contribution in [0, 0.1) is 0 Å². The van der Waals surface area contributed by atoms with E-state index in [1.165, 1.54) is 4.88 Å². The Labute approximate surface area is 112 Å². The molecule has 1 aromatic carbocycles. The van der Waals surface area contributed by atoms with Gasteiger partial charge in [0.2, 0.25) is 0 Å². The van der Waals surface area contributed by atoms with Gasteiger partial charge in [-0.05, 0) is 41.8 Å². The van der Waals surface area contributed by atoms with Crippen LogP contribution >= 0.6 is 27.3 Å². The molecule has 3 aromatic rings. The fraction of sp³-hybridized carbons (Fsp3) is 0.